The maximum Gasteiger partial charge on any atom is 0.250 e. The van der Waals surface area contributed by atoms with Gasteiger partial charge in [0.15, 0.2) is 0 Å². The average molecular weight is 324 g/mol. The summed E-state index contributed by atoms with van der Waals surface area (Å²) in [7, 11) is -3.74. The Balaban J connectivity index is 2.23. The highest BCUT2D eigenvalue weighted by molar-refractivity contribution is 7.91. The molecule has 0 spiro atoms. The lowest BCUT2D eigenvalue weighted by Gasteiger charge is -2.08. The van der Waals surface area contributed by atoms with Crippen molar-refractivity contribution in [1.29, 1.82) is 0 Å². The summed E-state index contributed by atoms with van der Waals surface area (Å²) >= 11 is 6.63. The molecule has 3 nitrogen and oxygen atoms in total. The van der Waals surface area contributed by atoms with Crippen LogP contribution < -0.4 is 4.72 Å². The van der Waals surface area contributed by atoms with Crippen LogP contribution in [-0.2, 0) is 16.6 Å². The van der Waals surface area contributed by atoms with Crippen molar-refractivity contribution in [1.82, 2.24) is 4.72 Å². The molecule has 0 aliphatic heterocycles. The first kappa shape index (κ1) is 14.4. The van der Waals surface area contributed by atoms with Crippen molar-refractivity contribution in [3.63, 3.8) is 0 Å². The van der Waals surface area contributed by atoms with Crippen molar-refractivity contribution in [2.75, 3.05) is 0 Å². The van der Waals surface area contributed by atoms with Crippen LogP contribution in [0.5, 0.6) is 0 Å². The Hall–Kier alpha value is -1.02. The van der Waals surface area contributed by atoms with Crippen LogP contribution in [0.25, 0.3) is 0 Å². The number of halogens is 3. The molecule has 1 heterocycles. The average Bonchev–Trinajstić information content (AvgIpc) is 2.88. The molecule has 0 saturated heterocycles. The van der Waals surface area contributed by atoms with Gasteiger partial charge in [0.25, 0.3) is 0 Å². The van der Waals surface area contributed by atoms with Gasteiger partial charge in [0.1, 0.15) is 15.8 Å². The van der Waals surface area contributed by atoms with E-state index in [9.17, 15) is 17.2 Å². The van der Waals surface area contributed by atoms with Crippen LogP contribution in [0.3, 0.4) is 0 Å². The van der Waals surface area contributed by atoms with Gasteiger partial charge in [-0.25, -0.2) is 21.9 Å². The van der Waals surface area contributed by atoms with Gasteiger partial charge in [0.2, 0.25) is 10.0 Å². The molecule has 0 atom stereocenters. The zero-order valence-electron chi connectivity index (χ0n) is 9.36. The molecular weight excluding hydrogens is 316 g/mol. The zero-order chi connectivity index (χ0) is 14.0. The van der Waals surface area contributed by atoms with Gasteiger partial charge >= 0.3 is 0 Å². The third-order valence-electron chi connectivity index (χ3n) is 2.34. The van der Waals surface area contributed by atoms with Gasteiger partial charge in [0, 0.05) is 12.1 Å². The molecule has 1 aromatic carbocycles. The molecule has 102 valence electrons. The summed E-state index contributed by atoms with van der Waals surface area (Å²) in [6, 6.07) is 4.77. The standard InChI is InChI=1S/C11H8ClF2NO2S2/c12-11-7(8(13)3-4-9(11)14)6-15-19(16,17)10-2-1-5-18-10/h1-5,15H,6H2. The molecule has 0 aliphatic carbocycles. The Morgan fingerprint density at radius 2 is 1.89 bits per heavy atom. The molecular formula is C11H8ClF2NO2S2. The molecule has 1 aromatic heterocycles. The van der Waals surface area contributed by atoms with Crippen LogP contribution in [0.15, 0.2) is 33.9 Å². The van der Waals surface area contributed by atoms with Gasteiger partial charge in [-0.3, -0.25) is 0 Å². The van der Waals surface area contributed by atoms with E-state index in [1.807, 2.05) is 0 Å². The summed E-state index contributed by atoms with van der Waals surface area (Å²) in [5.74, 6) is -1.56. The van der Waals surface area contributed by atoms with Gasteiger partial charge < -0.3 is 0 Å². The van der Waals surface area contributed by atoms with Gasteiger partial charge in [0.05, 0.1) is 5.02 Å². The SMILES string of the molecule is O=S(=O)(NCc1c(F)ccc(F)c1Cl)c1cccs1. The molecule has 0 amide bonds. The number of rotatable bonds is 4. The number of sulfonamides is 1. The second-order valence-electron chi connectivity index (χ2n) is 3.58. The summed E-state index contributed by atoms with van der Waals surface area (Å²) in [5.41, 5.74) is -0.221. The lowest BCUT2D eigenvalue weighted by Crippen LogP contribution is -2.23. The number of hydrogen-bond donors (Lipinski definition) is 1. The summed E-state index contributed by atoms with van der Waals surface area (Å²) in [5, 5.41) is 1.18. The quantitative estimate of drug-likeness (QED) is 0.879. The molecule has 2 rings (SSSR count). The Morgan fingerprint density at radius 1 is 1.21 bits per heavy atom. The van der Waals surface area contributed by atoms with Crippen molar-refractivity contribution in [3.8, 4) is 0 Å². The monoisotopic (exact) mass is 323 g/mol. The van der Waals surface area contributed by atoms with Crippen LogP contribution in [-0.4, -0.2) is 8.42 Å². The van der Waals surface area contributed by atoms with E-state index in [2.05, 4.69) is 4.72 Å². The van der Waals surface area contributed by atoms with Crippen LogP contribution in [0.1, 0.15) is 5.56 Å². The lowest BCUT2D eigenvalue weighted by atomic mass is 10.2. The normalized spacial score (nSPS) is 11.7. The van der Waals surface area contributed by atoms with E-state index in [1.165, 1.54) is 6.07 Å². The van der Waals surface area contributed by atoms with Crippen molar-refractivity contribution in [2.45, 2.75) is 10.8 Å². The second-order valence-corrected chi connectivity index (χ2v) is 6.90. The van der Waals surface area contributed by atoms with E-state index in [0.717, 1.165) is 23.5 Å². The fraction of sp³-hybridized carbons (Fsp3) is 0.0909. The fourth-order valence-corrected chi connectivity index (χ4v) is 3.64. The van der Waals surface area contributed by atoms with Gasteiger partial charge in [-0.1, -0.05) is 17.7 Å². The largest absolute Gasteiger partial charge is 0.250 e. The number of nitrogens with one attached hydrogen (secondary N) is 1. The fourth-order valence-electron chi connectivity index (χ4n) is 1.39. The van der Waals surface area contributed by atoms with E-state index in [4.69, 9.17) is 11.6 Å². The molecule has 1 N–H and O–H groups in total. The third kappa shape index (κ3) is 3.11. The summed E-state index contributed by atoms with van der Waals surface area (Å²) in [4.78, 5) is 0. The smallest absolute Gasteiger partial charge is 0.207 e. The Kier molecular flexibility index (Phi) is 4.19. The molecule has 0 radical (unpaired) electrons. The van der Waals surface area contributed by atoms with E-state index < -0.39 is 33.2 Å². The van der Waals surface area contributed by atoms with Crippen molar-refractivity contribution in [2.24, 2.45) is 0 Å². The lowest BCUT2D eigenvalue weighted by molar-refractivity contribution is 0.568. The summed E-state index contributed by atoms with van der Waals surface area (Å²) in [6.07, 6.45) is 0. The van der Waals surface area contributed by atoms with Crippen molar-refractivity contribution < 1.29 is 17.2 Å². The van der Waals surface area contributed by atoms with Crippen LogP contribution >= 0.6 is 22.9 Å². The minimum atomic E-state index is -3.74. The van der Waals surface area contributed by atoms with Crippen LogP contribution in [0, 0.1) is 11.6 Å². The van der Waals surface area contributed by atoms with E-state index in [0.29, 0.717) is 0 Å². The van der Waals surface area contributed by atoms with Gasteiger partial charge in [-0.2, -0.15) is 0 Å². The Morgan fingerprint density at radius 3 is 2.53 bits per heavy atom. The first-order valence-electron chi connectivity index (χ1n) is 5.07. The van der Waals surface area contributed by atoms with Crippen LogP contribution in [0.2, 0.25) is 5.02 Å². The molecule has 0 unspecified atom stereocenters. The second kappa shape index (κ2) is 5.54. The van der Waals surface area contributed by atoms with E-state index >= 15 is 0 Å². The minimum absolute atomic E-state index is 0.0976. The summed E-state index contributed by atoms with van der Waals surface area (Å²) < 4.78 is 52.5. The number of hydrogen-bond acceptors (Lipinski definition) is 3. The molecule has 0 aliphatic rings. The highest BCUT2D eigenvalue weighted by Gasteiger charge is 2.18. The van der Waals surface area contributed by atoms with Crippen LogP contribution in [0.4, 0.5) is 8.78 Å². The molecule has 0 bridgehead atoms. The molecule has 0 saturated carbocycles. The Labute approximate surface area is 117 Å². The molecule has 8 heteroatoms. The maximum atomic E-state index is 13.5. The van der Waals surface area contributed by atoms with Gasteiger partial charge in [-0.15, -0.1) is 11.3 Å². The summed E-state index contributed by atoms with van der Waals surface area (Å²) in [6.45, 7) is -0.414. The predicted octanol–water partition coefficient (Wildman–Crippen LogP) is 3.16. The Bertz CT molecular complexity index is 687. The third-order valence-corrected chi connectivity index (χ3v) is 5.55. The van der Waals surface area contributed by atoms with E-state index in [1.54, 1.807) is 11.4 Å². The minimum Gasteiger partial charge on any atom is -0.207 e. The van der Waals surface area contributed by atoms with Crippen molar-refractivity contribution in [3.05, 3.63) is 51.9 Å². The highest BCUT2D eigenvalue weighted by atomic mass is 35.5. The zero-order valence-corrected chi connectivity index (χ0v) is 11.7. The first-order chi connectivity index (χ1) is 8.92. The predicted molar refractivity (Wildman–Crippen MR) is 69.7 cm³/mol. The maximum absolute atomic E-state index is 13.5. The molecule has 19 heavy (non-hydrogen) atoms. The van der Waals surface area contributed by atoms with E-state index in [-0.39, 0.29) is 9.77 Å². The number of benzene rings is 1. The molecule has 2 aromatic rings. The number of thiophene rings is 1. The van der Waals surface area contributed by atoms with Crippen molar-refractivity contribution >= 4 is 33.0 Å². The topological polar surface area (TPSA) is 46.2 Å². The molecule has 0 fully saturated rings. The first-order valence-corrected chi connectivity index (χ1v) is 7.81. The van der Waals surface area contributed by atoms with Gasteiger partial charge in [-0.05, 0) is 23.6 Å². The highest BCUT2D eigenvalue weighted by Crippen LogP contribution is 2.23.